The highest BCUT2D eigenvalue weighted by Crippen LogP contribution is 2.45. The summed E-state index contributed by atoms with van der Waals surface area (Å²) in [5.41, 5.74) is 1.73. The molecular weight excluding hydrogens is 452 g/mol. The van der Waals surface area contributed by atoms with Crippen LogP contribution in [0.15, 0.2) is 73.1 Å². The molecule has 34 heavy (non-hydrogen) atoms. The first-order valence-electron chi connectivity index (χ1n) is 11.4. The third kappa shape index (κ3) is 4.43. The number of para-hydroxylation sites is 3. The molecule has 2 aliphatic heterocycles. The Morgan fingerprint density at radius 2 is 1.53 bits per heavy atom. The van der Waals surface area contributed by atoms with Crippen molar-refractivity contribution in [3.8, 4) is 11.5 Å². The first-order valence-corrected chi connectivity index (χ1v) is 11.8. The summed E-state index contributed by atoms with van der Waals surface area (Å²) in [6.45, 7) is 1.89. The molecule has 1 aromatic heterocycles. The molecule has 1 fully saturated rings. The predicted octanol–water partition coefficient (Wildman–Crippen LogP) is 4.83. The van der Waals surface area contributed by atoms with Crippen LogP contribution in [0.5, 0.6) is 11.5 Å². The van der Waals surface area contributed by atoms with E-state index >= 15 is 0 Å². The Morgan fingerprint density at radius 3 is 2.29 bits per heavy atom. The Hall–Kier alpha value is -3.58. The molecule has 1 atom stereocenters. The fourth-order valence-corrected chi connectivity index (χ4v) is 4.72. The minimum absolute atomic E-state index is 0.0987. The van der Waals surface area contributed by atoms with Gasteiger partial charge in [0, 0.05) is 50.6 Å². The molecule has 8 heteroatoms. The number of aromatic nitrogens is 1. The van der Waals surface area contributed by atoms with E-state index in [1.54, 1.807) is 22.2 Å². The molecule has 3 heterocycles. The average molecular weight is 477 g/mol. The smallest absolute Gasteiger partial charge is 0.326 e. The fraction of sp³-hybridized carbons (Fsp3) is 0.269. The molecule has 0 radical (unpaired) electrons. The lowest BCUT2D eigenvalue weighted by Gasteiger charge is -2.38. The molecular formula is C26H25ClN4O3. The normalized spacial score (nSPS) is 17.3. The molecule has 174 valence electrons. The molecule has 7 nitrogen and oxygen atoms in total. The SMILES string of the molecule is O=C(CCc1ccncc1)N1CCN(C(=O)N2c3ccccc3Oc3ccccc3C2Cl)CC1. The monoisotopic (exact) mass is 476 g/mol. The second-order valence-corrected chi connectivity index (χ2v) is 8.73. The first-order chi connectivity index (χ1) is 16.6. The van der Waals surface area contributed by atoms with Crippen LogP contribution in [0.2, 0.25) is 0 Å². The van der Waals surface area contributed by atoms with Crippen molar-refractivity contribution >= 4 is 29.2 Å². The molecule has 1 saturated heterocycles. The van der Waals surface area contributed by atoms with E-state index in [9.17, 15) is 9.59 Å². The first kappa shape index (κ1) is 22.2. The number of hydrogen-bond acceptors (Lipinski definition) is 4. The molecule has 3 amide bonds. The summed E-state index contributed by atoms with van der Waals surface area (Å²) in [5.74, 6) is 1.31. The van der Waals surface area contributed by atoms with Gasteiger partial charge in [-0.1, -0.05) is 41.9 Å². The van der Waals surface area contributed by atoms with Gasteiger partial charge in [0.2, 0.25) is 5.91 Å². The molecule has 3 aromatic rings. The van der Waals surface area contributed by atoms with Crippen LogP contribution in [0.3, 0.4) is 0 Å². The van der Waals surface area contributed by atoms with Crippen LogP contribution in [0, 0.1) is 0 Å². The van der Waals surface area contributed by atoms with Crippen molar-refractivity contribution in [2.45, 2.75) is 18.3 Å². The lowest BCUT2D eigenvalue weighted by atomic mass is 10.1. The van der Waals surface area contributed by atoms with Crippen LogP contribution in [-0.2, 0) is 11.2 Å². The number of benzene rings is 2. The van der Waals surface area contributed by atoms with E-state index in [1.165, 1.54) is 0 Å². The molecule has 0 aliphatic carbocycles. The van der Waals surface area contributed by atoms with Crippen molar-refractivity contribution < 1.29 is 14.3 Å². The van der Waals surface area contributed by atoms with Crippen LogP contribution < -0.4 is 9.64 Å². The molecule has 0 saturated carbocycles. The van der Waals surface area contributed by atoms with Crippen molar-refractivity contribution in [2.75, 3.05) is 31.1 Å². The van der Waals surface area contributed by atoms with E-state index in [2.05, 4.69) is 4.98 Å². The summed E-state index contributed by atoms with van der Waals surface area (Å²) >= 11 is 6.87. The molecule has 0 bridgehead atoms. The molecule has 5 rings (SSSR count). The Balaban J connectivity index is 1.28. The van der Waals surface area contributed by atoms with Crippen molar-refractivity contribution in [1.29, 1.82) is 0 Å². The Kier molecular flexibility index (Phi) is 6.36. The number of carbonyl (C=O) groups is 2. The highest BCUT2D eigenvalue weighted by molar-refractivity contribution is 6.25. The van der Waals surface area contributed by atoms with E-state index < -0.39 is 5.50 Å². The van der Waals surface area contributed by atoms with Crippen LogP contribution in [0.25, 0.3) is 0 Å². The van der Waals surface area contributed by atoms with Gasteiger partial charge in [0.1, 0.15) is 11.3 Å². The number of anilines is 1. The average Bonchev–Trinajstić information content (AvgIpc) is 3.01. The van der Waals surface area contributed by atoms with Crippen molar-refractivity contribution in [3.63, 3.8) is 0 Å². The van der Waals surface area contributed by atoms with Crippen molar-refractivity contribution in [2.24, 2.45) is 0 Å². The molecule has 2 aliphatic rings. The number of fused-ring (bicyclic) bond motifs is 2. The summed E-state index contributed by atoms with van der Waals surface area (Å²) in [5, 5.41) is 0. The third-order valence-corrected chi connectivity index (χ3v) is 6.66. The van der Waals surface area contributed by atoms with Crippen LogP contribution in [0.4, 0.5) is 10.5 Å². The Morgan fingerprint density at radius 1 is 0.882 bits per heavy atom. The van der Waals surface area contributed by atoms with E-state index in [4.69, 9.17) is 16.3 Å². The molecule has 0 N–H and O–H groups in total. The van der Waals surface area contributed by atoms with E-state index in [1.807, 2.05) is 65.6 Å². The van der Waals surface area contributed by atoms with Gasteiger partial charge in [0.05, 0.1) is 5.69 Å². The van der Waals surface area contributed by atoms with Crippen molar-refractivity contribution in [1.82, 2.24) is 14.8 Å². The largest absolute Gasteiger partial charge is 0.455 e. The zero-order chi connectivity index (χ0) is 23.5. The van der Waals surface area contributed by atoms with Gasteiger partial charge in [-0.05, 0) is 42.3 Å². The van der Waals surface area contributed by atoms with Crippen LogP contribution in [-0.4, -0.2) is 52.9 Å². The highest BCUT2D eigenvalue weighted by atomic mass is 35.5. The Labute approximate surface area is 203 Å². The Bertz CT molecular complexity index is 1180. The summed E-state index contributed by atoms with van der Waals surface area (Å²) in [6.07, 6.45) is 4.59. The summed E-state index contributed by atoms with van der Waals surface area (Å²) in [4.78, 5) is 35.6. The third-order valence-electron chi connectivity index (χ3n) is 6.23. The zero-order valence-corrected chi connectivity index (χ0v) is 19.4. The minimum Gasteiger partial charge on any atom is -0.455 e. The minimum atomic E-state index is -0.715. The number of piperazine rings is 1. The number of aryl methyl sites for hydroxylation is 1. The van der Waals surface area contributed by atoms with Gasteiger partial charge in [0.15, 0.2) is 5.75 Å². The number of rotatable bonds is 3. The van der Waals surface area contributed by atoms with Gasteiger partial charge in [-0.25, -0.2) is 4.79 Å². The highest BCUT2D eigenvalue weighted by Gasteiger charge is 2.36. The van der Waals surface area contributed by atoms with Gasteiger partial charge in [-0.3, -0.25) is 14.7 Å². The number of amides is 3. The summed E-state index contributed by atoms with van der Waals surface area (Å²) < 4.78 is 6.10. The van der Waals surface area contributed by atoms with Gasteiger partial charge in [0.25, 0.3) is 0 Å². The summed E-state index contributed by atoms with van der Waals surface area (Å²) in [7, 11) is 0. The maximum Gasteiger partial charge on any atom is 0.326 e. The number of halogens is 1. The quantitative estimate of drug-likeness (QED) is 0.401. The van der Waals surface area contributed by atoms with E-state index in [0.29, 0.717) is 56.2 Å². The maximum absolute atomic E-state index is 13.7. The molecule has 2 aromatic carbocycles. The standard InChI is InChI=1S/C26H25ClN4O3/c27-25-20-5-1-3-7-22(20)34-23-8-4-2-6-21(23)31(25)26(33)30-17-15-29(16-18-30)24(32)10-9-19-11-13-28-14-12-19/h1-8,11-14,25H,9-10,15-18H2. The van der Waals surface area contributed by atoms with Gasteiger partial charge in [-0.2, -0.15) is 0 Å². The lowest BCUT2D eigenvalue weighted by molar-refractivity contribution is -0.132. The summed E-state index contributed by atoms with van der Waals surface area (Å²) in [6, 6.07) is 18.5. The zero-order valence-electron chi connectivity index (χ0n) is 18.6. The molecule has 0 spiro atoms. The van der Waals surface area contributed by atoms with Crippen molar-refractivity contribution in [3.05, 3.63) is 84.2 Å². The number of hydrogen-bond donors (Lipinski definition) is 0. The topological polar surface area (TPSA) is 66.0 Å². The second kappa shape index (κ2) is 9.73. The second-order valence-electron chi connectivity index (χ2n) is 8.32. The number of ether oxygens (including phenoxy) is 1. The van der Waals surface area contributed by atoms with Gasteiger partial charge >= 0.3 is 6.03 Å². The number of pyridine rings is 1. The molecule has 1 unspecified atom stereocenters. The number of urea groups is 1. The lowest BCUT2D eigenvalue weighted by Crippen LogP contribution is -2.54. The fourth-order valence-electron chi connectivity index (χ4n) is 4.35. The number of alkyl halides is 1. The number of nitrogens with zero attached hydrogens (tertiary/aromatic N) is 4. The van der Waals surface area contributed by atoms with E-state index in [0.717, 1.165) is 11.1 Å². The van der Waals surface area contributed by atoms with Gasteiger partial charge < -0.3 is 14.5 Å². The maximum atomic E-state index is 13.7. The van der Waals surface area contributed by atoms with Crippen LogP contribution in [0.1, 0.15) is 23.0 Å². The van der Waals surface area contributed by atoms with Gasteiger partial charge in [-0.15, -0.1) is 0 Å². The predicted molar refractivity (Wildman–Crippen MR) is 130 cm³/mol. The number of carbonyl (C=O) groups excluding carboxylic acids is 2. The van der Waals surface area contributed by atoms with E-state index in [-0.39, 0.29) is 11.9 Å². The van der Waals surface area contributed by atoms with Crippen LogP contribution >= 0.6 is 11.6 Å².